The second kappa shape index (κ2) is 8.25. The summed E-state index contributed by atoms with van der Waals surface area (Å²) >= 11 is 13.5. The van der Waals surface area contributed by atoms with Gasteiger partial charge < -0.3 is 4.57 Å². The second-order valence-corrected chi connectivity index (χ2v) is 6.70. The minimum Gasteiger partial charge on any atom is -0.328 e. The lowest BCUT2D eigenvalue weighted by Gasteiger charge is -2.08. The molecule has 1 aromatic heterocycles. The first-order valence-corrected chi connectivity index (χ1v) is 9.37. The zero-order valence-electron chi connectivity index (χ0n) is 12.0. The fraction of sp³-hybridized carbons (Fsp3) is 0.533. The quantitative estimate of drug-likeness (QED) is 0.485. The maximum Gasteiger partial charge on any atom is 0.144 e. The van der Waals surface area contributed by atoms with Crippen LogP contribution in [0.4, 0.5) is 4.39 Å². The monoisotopic (exact) mass is 348 g/mol. The summed E-state index contributed by atoms with van der Waals surface area (Å²) in [4.78, 5) is 4.54. The van der Waals surface area contributed by atoms with Crippen LogP contribution in [0.2, 0.25) is 5.02 Å². The van der Waals surface area contributed by atoms with Crippen LogP contribution in [0.15, 0.2) is 12.1 Å². The molecule has 0 saturated carbocycles. The third-order valence-electron chi connectivity index (χ3n) is 3.42. The van der Waals surface area contributed by atoms with E-state index in [4.69, 9.17) is 23.2 Å². The highest BCUT2D eigenvalue weighted by Crippen LogP contribution is 2.24. The molecule has 21 heavy (non-hydrogen) atoms. The molecule has 2 nitrogen and oxygen atoms in total. The Balaban J connectivity index is 2.21. The first-order chi connectivity index (χ1) is 10.2. The Morgan fingerprint density at radius 3 is 2.81 bits per heavy atom. The molecular weight excluding hydrogens is 330 g/mol. The van der Waals surface area contributed by atoms with E-state index in [1.54, 1.807) is 6.07 Å². The number of unbranched alkanes of at least 4 members (excludes halogenated alkanes) is 2. The summed E-state index contributed by atoms with van der Waals surface area (Å²) in [6.07, 6.45) is 6.23. The molecule has 0 aliphatic heterocycles. The van der Waals surface area contributed by atoms with Crippen molar-refractivity contribution in [2.24, 2.45) is 0 Å². The van der Waals surface area contributed by atoms with Gasteiger partial charge in [-0.25, -0.2) is 9.37 Å². The molecule has 1 aromatic carbocycles. The van der Waals surface area contributed by atoms with E-state index in [1.807, 2.05) is 11.8 Å². The number of hydrogen-bond donors (Lipinski definition) is 0. The van der Waals surface area contributed by atoms with Crippen molar-refractivity contribution in [1.82, 2.24) is 9.55 Å². The van der Waals surface area contributed by atoms with Gasteiger partial charge in [-0.05, 0) is 30.9 Å². The molecule has 116 valence electrons. The van der Waals surface area contributed by atoms with Crippen LogP contribution in [0.25, 0.3) is 11.0 Å². The van der Waals surface area contributed by atoms with E-state index in [9.17, 15) is 4.39 Å². The lowest BCUT2D eigenvalue weighted by atomic mass is 10.2. The van der Waals surface area contributed by atoms with Crippen molar-refractivity contribution in [1.29, 1.82) is 0 Å². The number of rotatable bonds is 8. The van der Waals surface area contributed by atoms with Gasteiger partial charge in [0.2, 0.25) is 0 Å². The number of imidazole rings is 1. The minimum absolute atomic E-state index is 0.115. The Hall–Kier alpha value is -0.450. The number of thioether (sulfide) groups is 1. The van der Waals surface area contributed by atoms with E-state index < -0.39 is 5.82 Å². The van der Waals surface area contributed by atoms with Gasteiger partial charge in [-0.15, -0.1) is 11.6 Å². The molecule has 2 rings (SSSR count). The van der Waals surface area contributed by atoms with Crippen LogP contribution in [-0.4, -0.2) is 27.4 Å². The molecule has 0 radical (unpaired) electrons. The van der Waals surface area contributed by atoms with E-state index in [-0.39, 0.29) is 5.02 Å². The molecule has 0 saturated heterocycles. The van der Waals surface area contributed by atoms with Crippen LogP contribution in [0.5, 0.6) is 0 Å². The fourth-order valence-corrected chi connectivity index (χ4v) is 3.21. The van der Waals surface area contributed by atoms with Crippen LogP contribution in [-0.2, 0) is 13.0 Å². The second-order valence-electron chi connectivity index (χ2n) is 4.93. The third-order valence-corrected chi connectivity index (χ3v) is 4.59. The van der Waals surface area contributed by atoms with Gasteiger partial charge >= 0.3 is 0 Å². The minimum atomic E-state index is -0.398. The predicted octanol–water partition coefficient (Wildman–Crippen LogP) is 5.14. The van der Waals surface area contributed by atoms with Gasteiger partial charge in [-0.2, -0.15) is 11.8 Å². The maximum atomic E-state index is 13.7. The van der Waals surface area contributed by atoms with E-state index in [2.05, 4.69) is 15.8 Å². The first-order valence-electron chi connectivity index (χ1n) is 7.06. The average molecular weight is 349 g/mol. The molecule has 0 aliphatic carbocycles. The number of halogens is 3. The maximum absolute atomic E-state index is 13.7. The van der Waals surface area contributed by atoms with Crippen LogP contribution in [0, 0.1) is 5.82 Å². The summed E-state index contributed by atoms with van der Waals surface area (Å²) in [5, 5.41) is 0.115. The van der Waals surface area contributed by atoms with Crippen LogP contribution < -0.4 is 0 Å². The predicted molar refractivity (Wildman–Crippen MR) is 91.4 cm³/mol. The summed E-state index contributed by atoms with van der Waals surface area (Å²) in [5.41, 5.74) is 1.55. The first kappa shape index (κ1) is 16.9. The van der Waals surface area contributed by atoms with Gasteiger partial charge in [0.25, 0.3) is 0 Å². The molecule has 0 amide bonds. The molecule has 0 atom stereocenters. The standard InChI is InChI=1S/C15H19Cl2FN2S/c1-21-8-4-2-3-7-20-14-10-12(18)11(17)9-13(14)19-15(20)5-6-16/h9-10H,2-8H2,1H3. The van der Waals surface area contributed by atoms with Gasteiger partial charge in [0.05, 0.1) is 16.1 Å². The van der Waals surface area contributed by atoms with Gasteiger partial charge in [0, 0.05) is 24.9 Å². The van der Waals surface area contributed by atoms with Crippen molar-refractivity contribution in [3.63, 3.8) is 0 Å². The highest BCUT2D eigenvalue weighted by Gasteiger charge is 2.13. The zero-order chi connectivity index (χ0) is 15.2. The fourth-order valence-electron chi connectivity index (χ4n) is 2.39. The number of aryl methyl sites for hydroxylation is 2. The van der Waals surface area contributed by atoms with Crippen molar-refractivity contribution in [2.75, 3.05) is 17.9 Å². The largest absolute Gasteiger partial charge is 0.328 e. The summed E-state index contributed by atoms with van der Waals surface area (Å²) in [6.45, 7) is 0.845. The van der Waals surface area contributed by atoms with Crippen molar-refractivity contribution < 1.29 is 4.39 Å². The number of alkyl halides is 1. The molecule has 0 aliphatic rings. The molecule has 2 aromatic rings. The van der Waals surface area contributed by atoms with Gasteiger partial charge in [0.15, 0.2) is 0 Å². The molecule has 6 heteroatoms. The summed E-state index contributed by atoms with van der Waals surface area (Å²) in [7, 11) is 0. The molecular formula is C15H19Cl2FN2S. The Bertz CT molecular complexity index is 601. The normalized spacial score (nSPS) is 11.4. The van der Waals surface area contributed by atoms with Crippen molar-refractivity contribution in [2.45, 2.75) is 32.2 Å². The Morgan fingerprint density at radius 2 is 2.10 bits per heavy atom. The molecule has 0 bridgehead atoms. The number of aromatic nitrogens is 2. The highest BCUT2D eigenvalue weighted by molar-refractivity contribution is 7.98. The summed E-state index contributed by atoms with van der Waals surface area (Å²) in [5.74, 6) is 2.20. The SMILES string of the molecule is CSCCCCCn1c(CCCl)nc2cc(Cl)c(F)cc21. The average Bonchev–Trinajstić information content (AvgIpc) is 2.77. The van der Waals surface area contributed by atoms with E-state index >= 15 is 0 Å². The molecule has 0 fully saturated rings. The van der Waals surface area contributed by atoms with Crippen molar-refractivity contribution >= 4 is 46.0 Å². The topological polar surface area (TPSA) is 17.8 Å². The molecule has 0 spiro atoms. The van der Waals surface area contributed by atoms with Gasteiger partial charge in [0.1, 0.15) is 11.6 Å². The number of fused-ring (bicyclic) bond motifs is 1. The van der Waals surface area contributed by atoms with Crippen LogP contribution >= 0.6 is 35.0 Å². The number of nitrogens with zero attached hydrogens (tertiary/aromatic N) is 2. The molecule has 0 N–H and O–H groups in total. The lowest BCUT2D eigenvalue weighted by molar-refractivity contribution is 0.593. The molecule has 1 heterocycles. The third kappa shape index (κ3) is 4.27. The number of benzene rings is 1. The molecule has 0 unspecified atom stereocenters. The smallest absolute Gasteiger partial charge is 0.144 e. The number of hydrogen-bond acceptors (Lipinski definition) is 2. The van der Waals surface area contributed by atoms with Crippen LogP contribution in [0.1, 0.15) is 25.1 Å². The Morgan fingerprint density at radius 1 is 1.29 bits per heavy atom. The van der Waals surface area contributed by atoms with Gasteiger partial charge in [-0.1, -0.05) is 18.0 Å². The highest BCUT2D eigenvalue weighted by atomic mass is 35.5. The van der Waals surface area contributed by atoms with E-state index in [0.29, 0.717) is 12.3 Å². The zero-order valence-corrected chi connectivity index (χ0v) is 14.4. The van der Waals surface area contributed by atoms with Crippen molar-refractivity contribution in [3.8, 4) is 0 Å². The Labute approximate surface area is 139 Å². The lowest BCUT2D eigenvalue weighted by Crippen LogP contribution is -2.05. The Kier molecular flexibility index (Phi) is 6.65. The summed E-state index contributed by atoms with van der Waals surface area (Å²) in [6, 6.07) is 3.07. The summed E-state index contributed by atoms with van der Waals surface area (Å²) < 4.78 is 15.8. The van der Waals surface area contributed by atoms with Crippen molar-refractivity contribution in [3.05, 3.63) is 28.8 Å². The van der Waals surface area contributed by atoms with E-state index in [0.717, 1.165) is 36.2 Å². The van der Waals surface area contributed by atoms with E-state index in [1.165, 1.54) is 18.2 Å². The van der Waals surface area contributed by atoms with Gasteiger partial charge in [-0.3, -0.25) is 0 Å². The van der Waals surface area contributed by atoms with Crippen LogP contribution in [0.3, 0.4) is 0 Å².